The minimum atomic E-state index is 0.195. The molecule has 0 bridgehead atoms. The van der Waals surface area contributed by atoms with Crippen LogP contribution in [0.25, 0.3) is 0 Å². The average Bonchev–Trinajstić information content (AvgIpc) is 2.78. The Hall–Kier alpha value is -1.14. The summed E-state index contributed by atoms with van der Waals surface area (Å²) in [6.07, 6.45) is 2.37. The van der Waals surface area contributed by atoms with E-state index in [9.17, 15) is 0 Å². The van der Waals surface area contributed by atoms with Gasteiger partial charge in [-0.2, -0.15) is 4.98 Å². The van der Waals surface area contributed by atoms with Crippen molar-refractivity contribution in [1.82, 2.24) is 15.2 Å². The number of rotatable bonds is 4. The van der Waals surface area contributed by atoms with Crippen LogP contribution in [0.5, 0.6) is 0 Å². The van der Waals surface area contributed by atoms with Crippen LogP contribution in [0.1, 0.15) is 39.4 Å². The topological polar surface area (TPSA) is 80.1 Å². The molecule has 0 radical (unpaired) electrons. The van der Waals surface area contributed by atoms with Crippen molar-refractivity contribution in [2.45, 2.75) is 58.4 Å². The molecule has 1 aliphatic heterocycles. The lowest BCUT2D eigenvalue weighted by atomic mass is 9.99. The lowest BCUT2D eigenvalue weighted by Gasteiger charge is -2.36. The van der Waals surface area contributed by atoms with E-state index >= 15 is 0 Å². The van der Waals surface area contributed by atoms with Gasteiger partial charge in [0.25, 0.3) is 0 Å². The largest absolute Gasteiger partial charge is 0.371 e. The minimum Gasteiger partial charge on any atom is -0.371 e. The number of nitrogens with one attached hydrogen (secondary N) is 1. The minimum absolute atomic E-state index is 0.195. The first-order chi connectivity index (χ1) is 8.58. The first kappa shape index (κ1) is 13.3. The zero-order chi connectivity index (χ0) is 13.1. The second kappa shape index (κ2) is 5.67. The van der Waals surface area contributed by atoms with Crippen LogP contribution in [-0.4, -0.2) is 39.9 Å². The molecule has 0 aromatic carbocycles. The Balaban J connectivity index is 2.00. The van der Waals surface area contributed by atoms with Gasteiger partial charge in [0.1, 0.15) is 6.61 Å². The van der Waals surface area contributed by atoms with Gasteiger partial charge in [0.05, 0.1) is 6.10 Å². The summed E-state index contributed by atoms with van der Waals surface area (Å²) in [4.78, 5) is 6.64. The maximum absolute atomic E-state index is 6.08. The third-order valence-corrected chi connectivity index (χ3v) is 3.38. The van der Waals surface area contributed by atoms with E-state index in [1.807, 2.05) is 13.8 Å². The summed E-state index contributed by atoms with van der Waals surface area (Å²) >= 11 is 0. The molecule has 0 spiro atoms. The molecule has 0 aliphatic carbocycles. The maximum Gasteiger partial charge on any atom is 0.245 e. The number of nitrogens with two attached hydrogens (primary N) is 1. The van der Waals surface area contributed by atoms with Gasteiger partial charge in [-0.05, 0) is 33.6 Å². The molecule has 1 saturated heterocycles. The first-order valence-corrected chi connectivity index (χ1v) is 6.63. The van der Waals surface area contributed by atoms with Gasteiger partial charge in [0, 0.05) is 18.6 Å². The number of nitrogens with zero attached hydrogens (tertiary/aromatic N) is 3. The molecule has 0 saturated carbocycles. The standard InChI is InChI=1S/C12H23N5O/c1-8(2)18-7-11-14-12(16-15-11)17-6-4-5-10(13)9(17)3/h8-10H,4-7,13H2,1-3H3,(H,14,15,16). The maximum atomic E-state index is 6.08. The number of H-pyrrole nitrogens is 1. The molecule has 18 heavy (non-hydrogen) atoms. The summed E-state index contributed by atoms with van der Waals surface area (Å²) in [5, 5.41) is 7.18. The first-order valence-electron chi connectivity index (χ1n) is 6.63. The molecule has 2 rings (SSSR count). The van der Waals surface area contributed by atoms with Crippen molar-refractivity contribution in [1.29, 1.82) is 0 Å². The number of hydrogen-bond acceptors (Lipinski definition) is 5. The van der Waals surface area contributed by atoms with Gasteiger partial charge in [-0.15, -0.1) is 5.10 Å². The van der Waals surface area contributed by atoms with Gasteiger partial charge in [-0.25, -0.2) is 0 Å². The molecular formula is C12H23N5O. The van der Waals surface area contributed by atoms with E-state index in [-0.39, 0.29) is 18.2 Å². The van der Waals surface area contributed by atoms with Crippen molar-refractivity contribution in [3.63, 3.8) is 0 Å². The van der Waals surface area contributed by atoms with Gasteiger partial charge >= 0.3 is 0 Å². The number of anilines is 1. The highest BCUT2D eigenvalue weighted by Gasteiger charge is 2.27. The van der Waals surface area contributed by atoms with Crippen LogP contribution in [0.4, 0.5) is 5.95 Å². The second-order valence-corrected chi connectivity index (χ2v) is 5.18. The summed E-state index contributed by atoms with van der Waals surface area (Å²) < 4.78 is 5.50. The van der Waals surface area contributed by atoms with Crippen LogP contribution in [0, 0.1) is 0 Å². The van der Waals surface area contributed by atoms with Crippen LogP contribution in [0.15, 0.2) is 0 Å². The normalized spacial score (nSPS) is 24.8. The lowest BCUT2D eigenvalue weighted by Crippen LogP contribution is -2.51. The molecular weight excluding hydrogens is 230 g/mol. The van der Waals surface area contributed by atoms with E-state index in [2.05, 4.69) is 27.0 Å². The number of aromatic nitrogens is 3. The van der Waals surface area contributed by atoms with Crippen molar-refractivity contribution in [3.8, 4) is 0 Å². The van der Waals surface area contributed by atoms with Crippen molar-refractivity contribution >= 4 is 5.95 Å². The van der Waals surface area contributed by atoms with Crippen LogP contribution in [-0.2, 0) is 11.3 Å². The smallest absolute Gasteiger partial charge is 0.245 e. The van der Waals surface area contributed by atoms with Crippen molar-refractivity contribution in [3.05, 3.63) is 5.82 Å². The molecule has 6 heteroatoms. The lowest BCUT2D eigenvalue weighted by molar-refractivity contribution is 0.0615. The fourth-order valence-corrected chi connectivity index (χ4v) is 2.18. The zero-order valence-electron chi connectivity index (χ0n) is 11.4. The predicted molar refractivity (Wildman–Crippen MR) is 70.3 cm³/mol. The van der Waals surface area contributed by atoms with E-state index in [1.165, 1.54) is 0 Å². The van der Waals surface area contributed by atoms with Gasteiger partial charge in [0.2, 0.25) is 5.95 Å². The Labute approximate surface area is 108 Å². The Morgan fingerprint density at radius 3 is 3.06 bits per heavy atom. The Kier molecular flexibility index (Phi) is 4.19. The highest BCUT2D eigenvalue weighted by Crippen LogP contribution is 2.20. The Morgan fingerprint density at radius 2 is 2.33 bits per heavy atom. The molecule has 1 fully saturated rings. The molecule has 3 N–H and O–H groups in total. The van der Waals surface area contributed by atoms with E-state index in [0.717, 1.165) is 31.2 Å². The molecule has 1 aromatic heterocycles. The quantitative estimate of drug-likeness (QED) is 0.838. The zero-order valence-corrected chi connectivity index (χ0v) is 11.4. The highest BCUT2D eigenvalue weighted by atomic mass is 16.5. The van der Waals surface area contributed by atoms with E-state index in [0.29, 0.717) is 6.61 Å². The summed E-state index contributed by atoms with van der Waals surface area (Å²) in [7, 11) is 0. The van der Waals surface area contributed by atoms with Gasteiger partial charge < -0.3 is 15.4 Å². The second-order valence-electron chi connectivity index (χ2n) is 5.18. The molecule has 6 nitrogen and oxygen atoms in total. The van der Waals surface area contributed by atoms with Gasteiger partial charge in [-0.1, -0.05) is 0 Å². The number of piperidine rings is 1. The van der Waals surface area contributed by atoms with E-state index in [4.69, 9.17) is 10.5 Å². The number of hydrogen-bond donors (Lipinski definition) is 2. The molecule has 1 aromatic rings. The van der Waals surface area contributed by atoms with Crippen molar-refractivity contribution in [2.75, 3.05) is 11.4 Å². The Morgan fingerprint density at radius 1 is 1.56 bits per heavy atom. The van der Waals surface area contributed by atoms with Crippen molar-refractivity contribution < 1.29 is 4.74 Å². The highest BCUT2D eigenvalue weighted by molar-refractivity contribution is 5.32. The number of aromatic amines is 1. The SMILES string of the molecule is CC(C)OCc1nc(N2CCCC(N)C2C)n[nH]1. The van der Waals surface area contributed by atoms with E-state index < -0.39 is 0 Å². The third kappa shape index (κ3) is 3.00. The molecule has 2 atom stereocenters. The average molecular weight is 253 g/mol. The molecule has 0 amide bonds. The monoisotopic (exact) mass is 253 g/mol. The van der Waals surface area contributed by atoms with Crippen LogP contribution >= 0.6 is 0 Å². The van der Waals surface area contributed by atoms with Gasteiger partial charge in [0.15, 0.2) is 5.82 Å². The van der Waals surface area contributed by atoms with Crippen LogP contribution < -0.4 is 10.6 Å². The van der Waals surface area contributed by atoms with E-state index in [1.54, 1.807) is 0 Å². The summed E-state index contributed by atoms with van der Waals surface area (Å²) in [5.41, 5.74) is 6.08. The third-order valence-electron chi connectivity index (χ3n) is 3.38. The summed E-state index contributed by atoms with van der Waals surface area (Å²) in [6.45, 7) is 7.58. The molecule has 2 heterocycles. The molecule has 2 unspecified atom stereocenters. The van der Waals surface area contributed by atoms with Crippen LogP contribution in [0.3, 0.4) is 0 Å². The van der Waals surface area contributed by atoms with Gasteiger partial charge in [-0.3, -0.25) is 5.10 Å². The number of ether oxygens (including phenoxy) is 1. The predicted octanol–water partition coefficient (Wildman–Crippen LogP) is 1.05. The Bertz CT molecular complexity index is 378. The fraction of sp³-hybridized carbons (Fsp3) is 0.833. The fourth-order valence-electron chi connectivity index (χ4n) is 2.18. The van der Waals surface area contributed by atoms with Crippen molar-refractivity contribution in [2.24, 2.45) is 5.73 Å². The van der Waals surface area contributed by atoms with Crippen LogP contribution in [0.2, 0.25) is 0 Å². The molecule has 1 aliphatic rings. The summed E-state index contributed by atoms with van der Waals surface area (Å²) in [6, 6.07) is 0.487. The molecule has 102 valence electrons. The summed E-state index contributed by atoms with van der Waals surface area (Å²) in [5.74, 6) is 1.50.